The number of carbonyl (C=O) groups excluding carboxylic acids is 1. The Morgan fingerprint density at radius 3 is 2.52 bits per heavy atom. The molecule has 0 aliphatic heterocycles. The number of methoxy groups -OCH3 is 1. The number of ether oxygens (including phenoxy) is 1. The van der Waals surface area contributed by atoms with Gasteiger partial charge in [0.2, 0.25) is 0 Å². The number of benzene rings is 2. The van der Waals surface area contributed by atoms with E-state index in [2.05, 4.69) is 0 Å². The van der Waals surface area contributed by atoms with Gasteiger partial charge in [-0.1, -0.05) is 23.7 Å². The lowest BCUT2D eigenvalue weighted by atomic mass is 9.92. The first-order valence-electron chi connectivity index (χ1n) is 6.09. The molecule has 1 atom stereocenters. The average molecular weight is 304 g/mol. The van der Waals surface area contributed by atoms with Crippen LogP contribution in [-0.4, -0.2) is 12.9 Å². The molecule has 1 unspecified atom stereocenters. The van der Waals surface area contributed by atoms with E-state index in [9.17, 15) is 14.4 Å². The number of nitriles is 1. The third-order valence-electron chi connectivity index (χ3n) is 3.03. The number of Topliss-reactive ketones (excluding diaryl/α,β-unsaturated/α-hetero) is 1. The monoisotopic (exact) mass is 303 g/mol. The van der Waals surface area contributed by atoms with Crippen molar-refractivity contribution in [3.8, 4) is 11.8 Å². The van der Waals surface area contributed by atoms with E-state index in [1.54, 1.807) is 24.3 Å². The molecule has 0 heterocycles. The summed E-state index contributed by atoms with van der Waals surface area (Å²) in [6, 6.07) is 12.2. The van der Waals surface area contributed by atoms with Gasteiger partial charge in [-0.2, -0.15) is 5.26 Å². The molecule has 0 amide bonds. The molecule has 0 N–H and O–H groups in total. The van der Waals surface area contributed by atoms with Crippen LogP contribution in [0.4, 0.5) is 4.39 Å². The van der Waals surface area contributed by atoms with Crippen LogP contribution in [0.25, 0.3) is 0 Å². The van der Waals surface area contributed by atoms with Gasteiger partial charge in [0, 0.05) is 10.6 Å². The first-order chi connectivity index (χ1) is 10.1. The smallest absolute Gasteiger partial charge is 0.184 e. The van der Waals surface area contributed by atoms with Crippen molar-refractivity contribution in [3.05, 3.63) is 64.4 Å². The fourth-order valence-corrected chi connectivity index (χ4v) is 2.05. The molecule has 21 heavy (non-hydrogen) atoms. The number of rotatable bonds is 4. The van der Waals surface area contributed by atoms with Gasteiger partial charge in [-0.25, -0.2) is 4.39 Å². The summed E-state index contributed by atoms with van der Waals surface area (Å²) in [5.74, 6) is -1.99. The summed E-state index contributed by atoms with van der Waals surface area (Å²) < 4.78 is 18.2. The van der Waals surface area contributed by atoms with Gasteiger partial charge >= 0.3 is 0 Å². The van der Waals surface area contributed by atoms with Crippen LogP contribution in [0.15, 0.2) is 42.5 Å². The van der Waals surface area contributed by atoms with E-state index in [4.69, 9.17) is 16.3 Å². The number of carbonyl (C=O) groups is 1. The van der Waals surface area contributed by atoms with Crippen LogP contribution >= 0.6 is 11.6 Å². The zero-order chi connectivity index (χ0) is 15.4. The van der Waals surface area contributed by atoms with Crippen LogP contribution in [0, 0.1) is 17.1 Å². The minimum Gasteiger partial charge on any atom is -0.494 e. The highest BCUT2D eigenvalue weighted by molar-refractivity contribution is 6.30. The van der Waals surface area contributed by atoms with E-state index < -0.39 is 17.5 Å². The van der Waals surface area contributed by atoms with Crippen LogP contribution in [-0.2, 0) is 0 Å². The molecular formula is C16H11ClFNO2. The molecule has 0 aliphatic carbocycles. The highest BCUT2D eigenvalue weighted by Crippen LogP contribution is 2.25. The number of halogens is 2. The van der Waals surface area contributed by atoms with Crippen LogP contribution in [0.2, 0.25) is 5.02 Å². The van der Waals surface area contributed by atoms with Gasteiger partial charge in [-0.15, -0.1) is 0 Å². The fourth-order valence-electron chi connectivity index (χ4n) is 1.92. The quantitative estimate of drug-likeness (QED) is 0.803. The van der Waals surface area contributed by atoms with Crippen molar-refractivity contribution >= 4 is 17.4 Å². The molecule has 2 rings (SSSR count). The topological polar surface area (TPSA) is 50.1 Å². The third-order valence-corrected chi connectivity index (χ3v) is 3.28. The minimum atomic E-state index is -0.975. The van der Waals surface area contributed by atoms with E-state index >= 15 is 0 Å². The first kappa shape index (κ1) is 15.0. The second-order valence-electron chi connectivity index (χ2n) is 4.33. The number of hydrogen-bond acceptors (Lipinski definition) is 3. The van der Waals surface area contributed by atoms with Crippen LogP contribution in [0.5, 0.6) is 5.75 Å². The maximum Gasteiger partial charge on any atom is 0.184 e. The van der Waals surface area contributed by atoms with Gasteiger partial charge in [0.15, 0.2) is 17.3 Å². The Bertz CT molecular complexity index is 707. The molecule has 3 nitrogen and oxygen atoms in total. The van der Waals surface area contributed by atoms with Crippen molar-refractivity contribution in [1.82, 2.24) is 0 Å². The molecule has 0 bridgehead atoms. The average Bonchev–Trinajstić information content (AvgIpc) is 2.50. The minimum absolute atomic E-state index is 0.0337. The van der Waals surface area contributed by atoms with E-state index in [-0.39, 0.29) is 11.3 Å². The molecule has 5 heteroatoms. The molecular weight excluding hydrogens is 293 g/mol. The van der Waals surface area contributed by atoms with Crippen molar-refractivity contribution in [2.45, 2.75) is 5.92 Å². The Labute approximate surface area is 126 Å². The third kappa shape index (κ3) is 3.21. The SMILES string of the molecule is COc1cc(C(=O)C(C#N)c2ccc(Cl)cc2)ccc1F. The van der Waals surface area contributed by atoms with Crippen LogP contribution in [0.1, 0.15) is 21.8 Å². The molecule has 2 aromatic carbocycles. The lowest BCUT2D eigenvalue weighted by Crippen LogP contribution is -2.11. The second kappa shape index (κ2) is 6.38. The molecule has 0 aromatic heterocycles. The van der Waals surface area contributed by atoms with Gasteiger partial charge in [-0.05, 0) is 35.9 Å². The Morgan fingerprint density at radius 1 is 1.29 bits per heavy atom. The van der Waals surface area contributed by atoms with Crippen molar-refractivity contribution in [1.29, 1.82) is 5.26 Å². The molecule has 106 valence electrons. The molecule has 0 radical (unpaired) electrons. The molecule has 0 spiro atoms. The summed E-state index contributed by atoms with van der Waals surface area (Å²) in [4.78, 5) is 12.4. The summed E-state index contributed by atoms with van der Waals surface area (Å²) in [5.41, 5.74) is 0.755. The zero-order valence-electron chi connectivity index (χ0n) is 11.1. The van der Waals surface area contributed by atoms with Crippen molar-refractivity contribution in [3.63, 3.8) is 0 Å². The molecule has 2 aromatic rings. The Balaban J connectivity index is 2.37. The van der Waals surface area contributed by atoms with Gasteiger partial charge in [0.25, 0.3) is 0 Å². The molecule has 0 aliphatic rings. The van der Waals surface area contributed by atoms with Crippen molar-refractivity contribution < 1.29 is 13.9 Å². The largest absolute Gasteiger partial charge is 0.494 e. The Hall–Kier alpha value is -2.38. The normalized spacial score (nSPS) is 11.5. The molecule has 0 fully saturated rings. The second-order valence-corrected chi connectivity index (χ2v) is 4.76. The van der Waals surface area contributed by atoms with Gasteiger partial charge in [0.05, 0.1) is 13.2 Å². The predicted molar refractivity (Wildman–Crippen MR) is 77.1 cm³/mol. The Morgan fingerprint density at radius 2 is 1.95 bits per heavy atom. The lowest BCUT2D eigenvalue weighted by Gasteiger charge is -2.10. The number of nitrogens with zero attached hydrogens (tertiary/aromatic N) is 1. The summed E-state index contributed by atoms with van der Waals surface area (Å²) in [6.45, 7) is 0. The van der Waals surface area contributed by atoms with E-state index in [0.29, 0.717) is 10.6 Å². The highest BCUT2D eigenvalue weighted by atomic mass is 35.5. The number of hydrogen-bond donors (Lipinski definition) is 0. The van der Waals surface area contributed by atoms with Crippen LogP contribution in [0.3, 0.4) is 0 Å². The Kier molecular flexibility index (Phi) is 4.56. The first-order valence-corrected chi connectivity index (χ1v) is 6.47. The van der Waals surface area contributed by atoms with Crippen molar-refractivity contribution in [2.75, 3.05) is 7.11 Å². The van der Waals surface area contributed by atoms with Crippen molar-refractivity contribution in [2.24, 2.45) is 0 Å². The molecule has 0 saturated heterocycles. The number of ketones is 1. The van der Waals surface area contributed by atoms with E-state index in [0.717, 1.165) is 6.07 Å². The summed E-state index contributed by atoms with van der Waals surface area (Å²) in [7, 11) is 1.31. The van der Waals surface area contributed by atoms with Gasteiger partial charge in [-0.3, -0.25) is 4.79 Å². The highest BCUT2D eigenvalue weighted by Gasteiger charge is 2.22. The summed E-state index contributed by atoms with van der Waals surface area (Å²) >= 11 is 5.79. The summed E-state index contributed by atoms with van der Waals surface area (Å²) in [5, 5.41) is 9.77. The zero-order valence-corrected chi connectivity index (χ0v) is 11.9. The lowest BCUT2D eigenvalue weighted by molar-refractivity contribution is 0.0978. The van der Waals surface area contributed by atoms with Crippen LogP contribution < -0.4 is 4.74 Å². The standard InChI is InChI=1S/C16H11ClFNO2/c1-21-15-8-11(4-7-14(15)18)16(20)13(9-19)10-2-5-12(17)6-3-10/h2-8,13H,1H3. The van der Waals surface area contributed by atoms with Gasteiger partial charge < -0.3 is 4.74 Å². The maximum atomic E-state index is 13.4. The molecule has 0 saturated carbocycles. The fraction of sp³-hybridized carbons (Fsp3) is 0.125. The van der Waals surface area contributed by atoms with E-state index in [1.165, 1.54) is 19.2 Å². The summed E-state index contributed by atoms with van der Waals surface area (Å²) in [6.07, 6.45) is 0. The van der Waals surface area contributed by atoms with E-state index in [1.807, 2.05) is 6.07 Å². The van der Waals surface area contributed by atoms with Gasteiger partial charge in [0.1, 0.15) is 5.92 Å². The predicted octanol–water partition coefficient (Wildman–Crippen LogP) is 3.98. The maximum absolute atomic E-state index is 13.4.